The number of aryl methyl sites for hydroxylation is 1. The molecule has 0 aliphatic rings. The molecule has 25 heavy (non-hydrogen) atoms. The van der Waals surface area contributed by atoms with E-state index in [0.29, 0.717) is 29.6 Å². The SMILES string of the molecule is CC[C@H](C)Cc1c(C)sc2nc(SCC(=O)NCCOC)[nH]c(=O)c12. The van der Waals surface area contributed by atoms with E-state index in [1.807, 2.05) is 6.92 Å². The van der Waals surface area contributed by atoms with Crippen LogP contribution in [0.4, 0.5) is 0 Å². The molecule has 0 aliphatic carbocycles. The number of nitrogens with zero attached hydrogens (tertiary/aromatic N) is 1. The average molecular weight is 384 g/mol. The Balaban J connectivity index is 2.14. The molecule has 2 rings (SSSR count). The highest BCUT2D eigenvalue weighted by atomic mass is 32.2. The molecule has 2 aromatic heterocycles. The lowest BCUT2D eigenvalue weighted by Gasteiger charge is -2.08. The quantitative estimate of drug-likeness (QED) is 0.395. The monoisotopic (exact) mass is 383 g/mol. The third-order valence-corrected chi connectivity index (χ3v) is 5.97. The van der Waals surface area contributed by atoms with Crippen molar-refractivity contribution < 1.29 is 9.53 Å². The molecule has 0 radical (unpaired) electrons. The fourth-order valence-electron chi connectivity index (χ4n) is 2.44. The predicted molar refractivity (Wildman–Crippen MR) is 104 cm³/mol. The molecule has 1 atom stereocenters. The van der Waals surface area contributed by atoms with E-state index >= 15 is 0 Å². The highest BCUT2D eigenvalue weighted by Crippen LogP contribution is 2.30. The molecule has 0 saturated carbocycles. The molecule has 8 heteroatoms. The molecule has 138 valence electrons. The van der Waals surface area contributed by atoms with Crippen LogP contribution < -0.4 is 10.9 Å². The van der Waals surface area contributed by atoms with Gasteiger partial charge in [0.15, 0.2) is 5.16 Å². The van der Waals surface area contributed by atoms with Gasteiger partial charge in [-0.2, -0.15) is 0 Å². The van der Waals surface area contributed by atoms with Gasteiger partial charge in [0.05, 0.1) is 17.7 Å². The Kier molecular flexibility index (Phi) is 7.46. The van der Waals surface area contributed by atoms with Crippen molar-refractivity contribution in [3.63, 3.8) is 0 Å². The Morgan fingerprint density at radius 1 is 1.48 bits per heavy atom. The topological polar surface area (TPSA) is 84.1 Å². The number of hydrogen-bond acceptors (Lipinski definition) is 6. The number of thioether (sulfide) groups is 1. The van der Waals surface area contributed by atoms with E-state index in [9.17, 15) is 9.59 Å². The Morgan fingerprint density at radius 2 is 2.24 bits per heavy atom. The van der Waals surface area contributed by atoms with Gasteiger partial charge in [-0.15, -0.1) is 11.3 Å². The van der Waals surface area contributed by atoms with E-state index in [2.05, 4.69) is 29.1 Å². The second kappa shape index (κ2) is 9.35. The van der Waals surface area contributed by atoms with E-state index in [0.717, 1.165) is 28.1 Å². The van der Waals surface area contributed by atoms with Crippen molar-refractivity contribution >= 4 is 39.2 Å². The van der Waals surface area contributed by atoms with Gasteiger partial charge < -0.3 is 15.0 Å². The van der Waals surface area contributed by atoms with Crippen LogP contribution in [0.3, 0.4) is 0 Å². The maximum atomic E-state index is 12.5. The number of aromatic amines is 1. The third-order valence-electron chi connectivity index (χ3n) is 4.06. The highest BCUT2D eigenvalue weighted by molar-refractivity contribution is 7.99. The molecule has 2 aromatic rings. The zero-order valence-corrected chi connectivity index (χ0v) is 16.7. The van der Waals surface area contributed by atoms with Crippen LogP contribution in [-0.2, 0) is 16.0 Å². The number of aromatic nitrogens is 2. The van der Waals surface area contributed by atoms with Crippen molar-refractivity contribution in [3.05, 3.63) is 20.8 Å². The van der Waals surface area contributed by atoms with Crippen molar-refractivity contribution in [2.75, 3.05) is 26.0 Å². The molecule has 0 spiro atoms. The summed E-state index contributed by atoms with van der Waals surface area (Å²) < 4.78 is 4.89. The van der Waals surface area contributed by atoms with Crippen LogP contribution in [0.25, 0.3) is 10.2 Å². The van der Waals surface area contributed by atoms with Gasteiger partial charge in [-0.1, -0.05) is 32.0 Å². The summed E-state index contributed by atoms with van der Waals surface area (Å²) in [7, 11) is 1.59. The standard InChI is InChI=1S/C17H25N3O3S2/c1-5-10(2)8-12-11(3)25-16-14(12)15(22)19-17(20-16)24-9-13(21)18-6-7-23-4/h10H,5-9H2,1-4H3,(H,18,21)(H,19,20,22)/t10-/m0/s1. The van der Waals surface area contributed by atoms with Gasteiger partial charge in [0.1, 0.15) is 4.83 Å². The number of carbonyl (C=O) groups excluding carboxylic acids is 1. The average Bonchev–Trinajstić information content (AvgIpc) is 2.89. The number of thiophene rings is 1. The Morgan fingerprint density at radius 3 is 2.92 bits per heavy atom. The molecule has 0 aliphatic heterocycles. The number of hydrogen-bond donors (Lipinski definition) is 2. The van der Waals surface area contributed by atoms with Crippen LogP contribution in [0.2, 0.25) is 0 Å². The maximum absolute atomic E-state index is 12.5. The van der Waals surface area contributed by atoms with E-state index in [4.69, 9.17) is 4.74 Å². The number of carbonyl (C=O) groups is 1. The number of nitrogens with one attached hydrogen (secondary N) is 2. The normalized spacial score (nSPS) is 12.5. The Hall–Kier alpha value is -1.38. The lowest BCUT2D eigenvalue weighted by molar-refractivity contribution is -0.118. The van der Waals surface area contributed by atoms with Gasteiger partial charge in [0.25, 0.3) is 5.56 Å². The van der Waals surface area contributed by atoms with E-state index in [1.165, 1.54) is 11.8 Å². The van der Waals surface area contributed by atoms with Gasteiger partial charge in [0.2, 0.25) is 5.91 Å². The molecule has 0 unspecified atom stereocenters. The predicted octanol–water partition coefficient (Wildman–Crippen LogP) is 2.74. The van der Waals surface area contributed by atoms with Crippen LogP contribution in [0.5, 0.6) is 0 Å². The number of amides is 1. The molecule has 2 N–H and O–H groups in total. The summed E-state index contributed by atoms with van der Waals surface area (Å²) in [6, 6.07) is 0. The number of H-pyrrole nitrogens is 1. The summed E-state index contributed by atoms with van der Waals surface area (Å²) >= 11 is 2.79. The fraction of sp³-hybridized carbons (Fsp3) is 0.588. The summed E-state index contributed by atoms with van der Waals surface area (Å²) in [4.78, 5) is 33.5. The highest BCUT2D eigenvalue weighted by Gasteiger charge is 2.17. The van der Waals surface area contributed by atoms with Gasteiger partial charge in [-0.25, -0.2) is 4.98 Å². The van der Waals surface area contributed by atoms with Crippen LogP contribution in [-0.4, -0.2) is 41.9 Å². The van der Waals surface area contributed by atoms with E-state index < -0.39 is 0 Å². The van der Waals surface area contributed by atoms with E-state index in [1.54, 1.807) is 18.4 Å². The first-order chi connectivity index (χ1) is 12.0. The van der Waals surface area contributed by atoms with Crippen LogP contribution in [0.15, 0.2) is 9.95 Å². The zero-order chi connectivity index (χ0) is 18.4. The van der Waals surface area contributed by atoms with Crippen molar-refractivity contribution in [3.8, 4) is 0 Å². The van der Waals surface area contributed by atoms with Gasteiger partial charge in [0, 0.05) is 18.5 Å². The number of methoxy groups -OCH3 is 1. The summed E-state index contributed by atoms with van der Waals surface area (Å²) in [6.45, 7) is 7.34. The van der Waals surface area contributed by atoms with E-state index in [-0.39, 0.29) is 17.2 Å². The molecule has 0 saturated heterocycles. The third kappa shape index (κ3) is 5.29. The molecular formula is C17H25N3O3S2. The summed E-state index contributed by atoms with van der Waals surface area (Å²) in [6.07, 6.45) is 1.97. The van der Waals surface area contributed by atoms with Crippen LogP contribution >= 0.6 is 23.1 Å². The molecule has 2 heterocycles. The molecule has 0 fully saturated rings. The second-order valence-electron chi connectivity index (χ2n) is 6.04. The molecular weight excluding hydrogens is 358 g/mol. The molecule has 0 bridgehead atoms. The Labute approximate surface area is 155 Å². The fourth-order valence-corrected chi connectivity index (χ4v) is 4.24. The lowest BCUT2D eigenvalue weighted by atomic mass is 9.98. The maximum Gasteiger partial charge on any atom is 0.260 e. The zero-order valence-electron chi connectivity index (χ0n) is 15.1. The van der Waals surface area contributed by atoms with Gasteiger partial charge >= 0.3 is 0 Å². The molecule has 0 aromatic carbocycles. The minimum Gasteiger partial charge on any atom is -0.383 e. The summed E-state index contributed by atoms with van der Waals surface area (Å²) in [5.41, 5.74) is 0.993. The number of fused-ring (bicyclic) bond motifs is 1. The second-order valence-corrected chi connectivity index (χ2v) is 8.20. The Bertz CT molecular complexity index is 785. The largest absolute Gasteiger partial charge is 0.383 e. The molecule has 6 nitrogen and oxygen atoms in total. The summed E-state index contributed by atoms with van der Waals surface area (Å²) in [5, 5.41) is 3.93. The van der Waals surface area contributed by atoms with Crippen molar-refractivity contribution in [1.82, 2.24) is 15.3 Å². The van der Waals surface area contributed by atoms with Crippen molar-refractivity contribution in [2.45, 2.75) is 38.8 Å². The minimum atomic E-state index is -0.116. The van der Waals surface area contributed by atoms with Crippen LogP contribution in [0, 0.1) is 12.8 Å². The lowest BCUT2D eigenvalue weighted by Crippen LogP contribution is -2.28. The minimum absolute atomic E-state index is 0.107. The van der Waals surface area contributed by atoms with Crippen molar-refractivity contribution in [2.24, 2.45) is 5.92 Å². The summed E-state index contributed by atoms with van der Waals surface area (Å²) in [5.74, 6) is 0.632. The number of ether oxygens (including phenoxy) is 1. The molecule has 1 amide bonds. The first-order valence-corrected chi connectivity index (χ1v) is 10.2. The van der Waals surface area contributed by atoms with Gasteiger partial charge in [-0.05, 0) is 24.8 Å². The first kappa shape index (κ1) is 19.9. The number of rotatable bonds is 9. The smallest absolute Gasteiger partial charge is 0.260 e. The van der Waals surface area contributed by atoms with Crippen molar-refractivity contribution in [1.29, 1.82) is 0 Å². The van der Waals surface area contributed by atoms with Crippen LogP contribution in [0.1, 0.15) is 30.7 Å². The van der Waals surface area contributed by atoms with Gasteiger partial charge in [-0.3, -0.25) is 9.59 Å². The first-order valence-electron chi connectivity index (χ1n) is 8.37.